The number of likely N-dealkylation sites (tertiary alicyclic amines) is 1. The predicted octanol–water partition coefficient (Wildman–Crippen LogP) is 2.28. The van der Waals surface area contributed by atoms with Gasteiger partial charge in [-0.25, -0.2) is 4.98 Å². The van der Waals surface area contributed by atoms with E-state index in [4.69, 9.17) is 0 Å². The number of aromatic nitrogens is 1. The van der Waals surface area contributed by atoms with Crippen molar-refractivity contribution in [1.82, 2.24) is 20.1 Å². The van der Waals surface area contributed by atoms with Gasteiger partial charge in [-0.3, -0.25) is 9.69 Å². The SMILES string of the molecule is CC1CCN(c2ccc(C(=O)N3CCC(N4CCNCC4)C3)cn2)CC1.Cl.Cl. The largest absolute Gasteiger partial charge is 0.357 e. The average molecular weight is 430 g/mol. The van der Waals surface area contributed by atoms with Gasteiger partial charge in [0, 0.05) is 64.6 Å². The van der Waals surface area contributed by atoms with Crippen molar-refractivity contribution in [3.63, 3.8) is 0 Å². The van der Waals surface area contributed by atoms with E-state index >= 15 is 0 Å². The van der Waals surface area contributed by atoms with Gasteiger partial charge in [-0.2, -0.15) is 0 Å². The minimum absolute atomic E-state index is 0. The van der Waals surface area contributed by atoms with E-state index in [0.29, 0.717) is 6.04 Å². The highest BCUT2D eigenvalue weighted by molar-refractivity contribution is 5.94. The number of hydrogen-bond donors (Lipinski definition) is 1. The van der Waals surface area contributed by atoms with Crippen molar-refractivity contribution in [3.05, 3.63) is 23.9 Å². The van der Waals surface area contributed by atoms with Crippen LogP contribution in [0, 0.1) is 5.92 Å². The van der Waals surface area contributed by atoms with Crippen molar-refractivity contribution in [2.75, 3.05) is 57.3 Å². The molecule has 3 aliphatic rings. The Bertz CT molecular complexity index is 616. The molecule has 0 radical (unpaired) electrons. The molecule has 0 aliphatic carbocycles. The van der Waals surface area contributed by atoms with Crippen LogP contribution in [0.5, 0.6) is 0 Å². The minimum atomic E-state index is 0. The van der Waals surface area contributed by atoms with E-state index in [9.17, 15) is 4.79 Å². The number of carbonyl (C=O) groups excluding carboxylic acids is 1. The number of hydrogen-bond acceptors (Lipinski definition) is 5. The maximum atomic E-state index is 12.8. The molecule has 0 spiro atoms. The Morgan fingerprint density at radius 2 is 1.75 bits per heavy atom. The van der Waals surface area contributed by atoms with Gasteiger partial charge in [0.15, 0.2) is 0 Å². The molecule has 3 fully saturated rings. The van der Waals surface area contributed by atoms with E-state index in [-0.39, 0.29) is 30.7 Å². The van der Waals surface area contributed by atoms with E-state index in [1.54, 1.807) is 6.20 Å². The maximum Gasteiger partial charge on any atom is 0.255 e. The van der Waals surface area contributed by atoms with Crippen LogP contribution in [0.1, 0.15) is 36.5 Å². The molecule has 1 aromatic rings. The average Bonchev–Trinajstić information content (AvgIpc) is 3.19. The number of carbonyl (C=O) groups is 1. The number of pyridine rings is 1. The third-order valence-corrected chi connectivity index (χ3v) is 6.22. The molecule has 1 amide bonds. The monoisotopic (exact) mass is 429 g/mol. The summed E-state index contributed by atoms with van der Waals surface area (Å²) in [7, 11) is 0. The van der Waals surface area contributed by atoms with Gasteiger partial charge in [-0.15, -0.1) is 24.8 Å². The predicted molar refractivity (Wildman–Crippen MR) is 118 cm³/mol. The van der Waals surface area contributed by atoms with Gasteiger partial charge in [0.2, 0.25) is 0 Å². The molecule has 1 N–H and O–H groups in total. The number of nitrogens with one attached hydrogen (secondary N) is 1. The molecule has 0 aromatic carbocycles. The standard InChI is InChI=1S/C20H31N5O.2ClH/c1-16-4-9-24(10-5-16)19-3-2-17(14-22-19)20(26)25-11-6-18(15-25)23-12-7-21-8-13-23;;/h2-3,14,16,18,21H,4-13,15H2,1H3;2*1H. The summed E-state index contributed by atoms with van der Waals surface area (Å²) < 4.78 is 0. The Balaban J connectivity index is 0.00000140. The first-order valence-corrected chi connectivity index (χ1v) is 10.2. The van der Waals surface area contributed by atoms with Crippen molar-refractivity contribution >= 4 is 36.5 Å². The molecule has 3 aliphatic heterocycles. The number of piperidine rings is 1. The fraction of sp³-hybridized carbons (Fsp3) is 0.700. The molecule has 0 saturated carbocycles. The third kappa shape index (κ3) is 5.29. The lowest BCUT2D eigenvalue weighted by atomic mass is 9.99. The summed E-state index contributed by atoms with van der Waals surface area (Å²) in [4.78, 5) is 24.3. The number of rotatable bonds is 3. The molecule has 3 saturated heterocycles. The van der Waals surface area contributed by atoms with Crippen molar-refractivity contribution in [2.45, 2.75) is 32.2 Å². The number of halogens is 2. The van der Waals surface area contributed by atoms with Gasteiger partial charge in [0.1, 0.15) is 5.82 Å². The molecule has 6 nitrogen and oxygen atoms in total. The molecular weight excluding hydrogens is 397 g/mol. The topological polar surface area (TPSA) is 51.7 Å². The summed E-state index contributed by atoms with van der Waals surface area (Å²) in [6, 6.07) is 4.50. The third-order valence-electron chi connectivity index (χ3n) is 6.22. The number of nitrogens with zero attached hydrogens (tertiary/aromatic N) is 4. The molecule has 8 heteroatoms. The lowest BCUT2D eigenvalue weighted by Gasteiger charge is -2.32. The molecule has 0 bridgehead atoms. The van der Waals surface area contributed by atoms with E-state index in [2.05, 4.69) is 27.0 Å². The van der Waals surface area contributed by atoms with Crippen LogP contribution in [0.4, 0.5) is 5.82 Å². The summed E-state index contributed by atoms with van der Waals surface area (Å²) in [6.45, 7) is 10.5. The maximum absolute atomic E-state index is 12.8. The fourth-order valence-corrected chi connectivity index (χ4v) is 4.39. The van der Waals surface area contributed by atoms with Crippen molar-refractivity contribution in [1.29, 1.82) is 0 Å². The second-order valence-electron chi connectivity index (χ2n) is 8.05. The van der Waals surface area contributed by atoms with Gasteiger partial charge < -0.3 is 15.1 Å². The number of amides is 1. The quantitative estimate of drug-likeness (QED) is 0.798. The molecule has 4 rings (SSSR count). The summed E-state index contributed by atoms with van der Waals surface area (Å²) in [5, 5.41) is 3.40. The van der Waals surface area contributed by atoms with Crippen LogP contribution in [0.3, 0.4) is 0 Å². The second-order valence-corrected chi connectivity index (χ2v) is 8.05. The number of piperazine rings is 1. The summed E-state index contributed by atoms with van der Waals surface area (Å²) in [5.74, 6) is 1.95. The highest BCUT2D eigenvalue weighted by atomic mass is 35.5. The second kappa shape index (κ2) is 10.6. The Hall–Kier alpha value is -1.08. The van der Waals surface area contributed by atoms with Gasteiger partial charge >= 0.3 is 0 Å². The van der Waals surface area contributed by atoms with Crippen LogP contribution in [0.15, 0.2) is 18.3 Å². The smallest absolute Gasteiger partial charge is 0.255 e. The minimum Gasteiger partial charge on any atom is -0.357 e. The highest BCUT2D eigenvalue weighted by Crippen LogP contribution is 2.22. The Kier molecular flexibility index (Phi) is 8.81. The van der Waals surface area contributed by atoms with Crippen LogP contribution in [0.25, 0.3) is 0 Å². The highest BCUT2D eigenvalue weighted by Gasteiger charge is 2.31. The van der Waals surface area contributed by atoms with Crippen LogP contribution in [0.2, 0.25) is 0 Å². The van der Waals surface area contributed by atoms with Crippen molar-refractivity contribution in [2.24, 2.45) is 5.92 Å². The lowest BCUT2D eigenvalue weighted by Crippen LogP contribution is -2.49. The van der Waals surface area contributed by atoms with Crippen LogP contribution in [-0.4, -0.2) is 79.1 Å². The Morgan fingerprint density at radius 1 is 1.04 bits per heavy atom. The van der Waals surface area contributed by atoms with Gasteiger partial charge in [-0.1, -0.05) is 6.92 Å². The zero-order valence-corrected chi connectivity index (χ0v) is 18.3. The van der Waals surface area contributed by atoms with Crippen molar-refractivity contribution in [3.8, 4) is 0 Å². The van der Waals surface area contributed by atoms with Gasteiger partial charge in [0.05, 0.1) is 5.56 Å². The summed E-state index contributed by atoms with van der Waals surface area (Å²) in [5.41, 5.74) is 0.722. The van der Waals surface area contributed by atoms with E-state index < -0.39 is 0 Å². The molecule has 1 atom stereocenters. The van der Waals surface area contributed by atoms with Crippen molar-refractivity contribution < 1.29 is 4.79 Å². The molecule has 1 aromatic heterocycles. The Labute approximate surface area is 180 Å². The van der Waals surface area contributed by atoms with Gasteiger partial charge in [0.25, 0.3) is 5.91 Å². The fourth-order valence-electron chi connectivity index (χ4n) is 4.39. The van der Waals surface area contributed by atoms with Crippen LogP contribution < -0.4 is 10.2 Å². The summed E-state index contributed by atoms with van der Waals surface area (Å²) >= 11 is 0. The normalized spacial score (nSPS) is 23.8. The van der Waals surface area contributed by atoms with Crippen LogP contribution >= 0.6 is 24.8 Å². The molecular formula is C20H33Cl2N5O. The Morgan fingerprint density at radius 3 is 2.39 bits per heavy atom. The molecule has 4 heterocycles. The molecule has 158 valence electrons. The first kappa shape index (κ1) is 23.2. The van der Waals surface area contributed by atoms with E-state index in [0.717, 1.165) is 76.1 Å². The number of anilines is 1. The first-order valence-electron chi connectivity index (χ1n) is 10.2. The summed E-state index contributed by atoms with van der Waals surface area (Å²) in [6.07, 6.45) is 5.31. The zero-order valence-electron chi connectivity index (χ0n) is 16.7. The van der Waals surface area contributed by atoms with Gasteiger partial charge in [-0.05, 0) is 37.3 Å². The lowest BCUT2D eigenvalue weighted by molar-refractivity contribution is 0.0773. The van der Waals surface area contributed by atoms with E-state index in [1.165, 1.54) is 12.8 Å². The van der Waals surface area contributed by atoms with Crippen LogP contribution in [-0.2, 0) is 0 Å². The molecule has 1 unspecified atom stereocenters. The molecule has 28 heavy (non-hydrogen) atoms. The van der Waals surface area contributed by atoms with E-state index in [1.807, 2.05) is 17.0 Å². The first-order chi connectivity index (χ1) is 12.7. The zero-order chi connectivity index (χ0) is 17.9.